The van der Waals surface area contributed by atoms with Crippen LogP contribution in [0.1, 0.15) is 43.0 Å². The van der Waals surface area contributed by atoms with E-state index in [9.17, 15) is 0 Å². The molecule has 0 N–H and O–H groups in total. The molecule has 0 saturated carbocycles. The molecule has 0 unspecified atom stereocenters. The number of benzene rings is 5. The van der Waals surface area contributed by atoms with Gasteiger partial charge in [-0.25, -0.2) is 0 Å². The number of nitrogens with zero attached hydrogens (tertiary/aromatic N) is 2. The second-order valence-corrected chi connectivity index (χ2v) is 13.4. The zero-order valence-electron chi connectivity index (χ0n) is 28.5. The fraction of sp³-hybridized carbons (Fsp3) is 0.125. The molecule has 9 rings (SSSR count). The zero-order valence-corrected chi connectivity index (χ0v) is 28.5. The largest absolute Gasteiger partial charge is 0.337 e. The maximum absolute atomic E-state index is 2.52. The average molecular weight is 645 g/mol. The first kappa shape index (κ1) is 30.2. The van der Waals surface area contributed by atoms with E-state index in [1.165, 1.54) is 83.1 Å². The van der Waals surface area contributed by atoms with Crippen LogP contribution in [0.5, 0.6) is 0 Å². The van der Waals surface area contributed by atoms with Gasteiger partial charge in [0.15, 0.2) is 0 Å². The first-order chi connectivity index (χ1) is 24.8. The van der Waals surface area contributed by atoms with E-state index >= 15 is 0 Å². The van der Waals surface area contributed by atoms with E-state index in [1.54, 1.807) is 0 Å². The number of hydrogen-bond donors (Lipinski definition) is 0. The highest BCUT2D eigenvalue weighted by Crippen LogP contribution is 2.41. The summed E-state index contributed by atoms with van der Waals surface area (Å²) in [6.45, 7) is 2.94. The molecule has 0 fully saturated rings. The Morgan fingerprint density at radius 2 is 1.44 bits per heavy atom. The number of rotatable bonds is 7. The number of aromatic nitrogens is 2. The van der Waals surface area contributed by atoms with E-state index in [4.69, 9.17) is 0 Å². The Kier molecular flexibility index (Phi) is 7.78. The fourth-order valence-electron chi connectivity index (χ4n) is 8.23. The highest BCUT2D eigenvalue weighted by molar-refractivity contribution is 6.09. The quantitative estimate of drug-likeness (QED) is 0.153. The normalized spacial score (nSPS) is 14.9. The molecular formula is C48H40N2. The summed E-state index contributed by atoms with van der Waals surface area (Å²) in [4.78, 5) is 0. The van der Waals surface area contributed by atoms with E-state index in [0.29, 0.717) is 0 Å². The van der Waals surface area contributed by atoms with Crippen molar-refractivity contribution in [2.75, 3.05) is 0 Å². The molecule has 242 valence electrons. The van der Waals surface area contributed by atoms with Crippen molar-refractivity contribution in [2.24, 2.45) is 0 Å². The summed E-state index contributed by atoms with van der Waals surface area (Å²) in [5, 5.41) is 3.95. The Balaban J connectivity index is 1.15. The summed E-state index contributed by atoms with van der Waals surface area (Å²) < 4.78 is 5.01. The molecule has 2 aliphatic carbocycles. The van der Waals surface area contributed by atoms with Crippen LogP contribution < -0.4 is 0 Å². The van der Waals surface area contributed by atoms with Crippen LogP contribution in [-0.2, 0) is 13.0 Å². The number of hydrogen-bond acceptors (Lipinski definition) is 0. The van der Waals surface area contributed by atoms with Gasteiger partial charge >= 0.3 is 0 Å². The van der Waals surface area contributed by atoms with Gasteiger partial charge in [-0.05, 0) is 96.9 Å². The molecular weight excluding hydrogens is 605 g/mol. The van der Waals surface area contributed by atoms with E-state index < -0.39 is 0 Å². The molecule has 50 heavy (non-hydrogen) atoms. The van der Waals surface area contributed by atoms with Crippen LogP contribution in [0.25, 0.3) is 61.2 Å². The van der Waals surface area contributed by atoms with Gasteiger partial charge in [0.2, 0.25) is 0 Å². The summed E-state index contributed by atoms with van der Waals surface area (Å²) in [7, 11) is 0. The van der Waals surface area contributed by atoms with Crippen molar-refractivity contribution < 1.29 is 0 Å². The van der Waals surface area contributed by atoms with E-state index in [2.05, 4.69) is 180 Å². The lowest BCUT2D eigenvalue weighted by atomic mass is 9.90. The molecule has 5 aromatic carbocycles. The predicted molar refractivity (Wildman–Crippen MR) is 214 cm³/mol. The molecule has 0 bridgehead atoms. The van der Waals surface area contributed by atoms with E-state index in [1.807, 2.05) is 0 Å². The molecule has 0 radical (unpaired) electrons. The number of allylic oxidation sites excluding steroid dienone is 9. The zero-order chi connectivity index (χ0) is 33.4. The van der Waals surface area contributed by atoms with Gasteiger partial charge < -0.3 is 9.13 Å². The predicted octanol–water partition coefficient (Wildman–Crippen LogP) is 12.7. The maximum Gasteiger partial charge on any atom is 0.0537 e. The molecule has 0 spiro atoms. The van der Waals surface area contributed by atoms with Crippen LogP contribution in [0, 0.1) is 0 Å². The molecule has 2 nitrogen and oxygen atoms in total. The molecule has 2 heterocycles. The topological polar surface area (TPSA) is 9.86 Å². The Morgan fingerprint density at radius 3 is 2.28 bits per heavy atom. The summed E-state index contributed by atoms with van der Waals surface area (Å²) in [6.07, 6.45) is 20.2. The lowest BCUT2D eigenvalue weighted by Gasteiger charge is -2.20. The number of para-hydroxylation sites is 3. The van der Waals surface area contributed by atoms with Gasteiger partial charge in [0, 0.05) is 50.6 Å². The third kappa shape index (κ3) is 5.20. The molecule has 0 aliphatic heterocycles. The smallest absolute Gasteiger partial charge is 0.0537 e. The summed E-state index contributed by atoms with van der Waals surface area (Å²) in [6, 6.07) is 44.6. The van der Waals surface area contributed by atoms with Crippen molar-refractivity contribution in [3.8, 4) is 16.8 Å². The van der Waals surface area contributed by atoms with Gasteiger partial charge in [0.25, 0.3) is 0 Å². The first-order valence-corrected chi connectivity index (χ1v) is 18.0. The minimum absolute atomic E-state index is 0.833. The van der Waals surface area contributed by atoms with Crippen molar-refractivity contribution in [2.45, 2.75) is 39.2 Å². The van der Waals surface area contributed by atoms with Gasteiger partial charge in [-0.2, -0.15) is 0 Å². The van der Waals surface area contributed by atoms with Gasteiger partial charge in [-0.15, -0.1) is 0 Å². The van der Waals surface area contributed by atoms with Gasteiger partial charge in [0.1, 0.15) is 0 Å². The van der Waals surface area contributed by atoms with Crippen molar-refractivity contribution in [1.82, 2.24) is 9.13 Å². The van der Waals surface area contributed by atoms with Gasteiger partial charge in [0.05, 0.1) is 11.2 Å². The summed E-state index contributed by atoms with van der Waals surface area (Å²) in [5.41, 5.74) is 15.8. The second-order valence-electron chi connectivity index (χ2n) is 13.4. The minimum atomic E-state index is 0.833. The second kappa shape index (κ2) is 12.9. The van der Waals surface area contributed by atoms with Gasteiger partial charge in [-0.1, -0.05) is 127 Å². The molecule has 2 heteroatoms. The van der Waals surface area contributed by atoms with E-state index in [0.717, 1.165) is 32.2 Å². The average Bonchev–Trinajstić information content (AvgIpc) is 3.69. The summed E-state index contributed by atoms with van der Waals surface area (Å²) >= 11 is 0. The van der Waals surface area contributed by atoms with Gasteiger partial charge in [-0.3, -0.25) is 0 Å². The highest BCUT2D eigenvalue weighted by atomic mass is 15.0. The molecule has 0 atom stereocenters. The SMILES string of the molecule is C/C=C\C(=C/Cn1c2ccccc2c2cc(C3=Cc4c(n(-c5ccccc5-c5ccccc5)c5ccccc45)CC3)ccc21)C1=CC=CCC1. The van der Waals surface area contributed by atoms with Crippen LogP contribution in [0.2, 0.25) is 0 Å². The fourth-order valence-corrected chi connectivity index (χ4v) is 8.23. The monoisotopic (exact) mass is 644 g/mol. The minimum Gasteiger partial charge on any atom is -0.337 e. The molecule has 0 saturated heterocycles. The van der Waals surface area contributed by atoms with Crippen molar-refractivity contribution in [1.29, 1.82) is 0 Å². The Hall–Kier alpha value is -5.86. The van der Waals surface area contributed by atoms with Crippen LogP contribution in [0.3, 0.4) is 0 Å². The van der Waals surface area contributed by atoms with Crippen molar-refractivity contribution in [3.05, 3.63) is 186 Å². The Morgan fingerprint density at radius 1 is 0.680 bits per heavy atom. The lowest BCUT2D eigenvalue weighted by molar-refractivity contribution is 0.887. The lowest BCUT2D eigenvalue weighted by Crippen LogP contribution is -2.06. The van der Waals surface area contributed by atoms with Crippen LogP contribution >= 0.6 is 0 Å². The Labute approximate surface area is 294 Å². The van der Waals surface area contributed by atoms with Crippen molar-refractivity contribution in [3.63, 3.8) is 0 Å². The van der Waals surface area contributed by atoms with Crippen LogP contribution in [0.15, 0.2) is 169 Å². The van der Waals surface area contributed by atoms with Crippen LogP contribution in [-0.4, -0.2) is 9.13 Å². The third-order valence-corrected chi connectivity index (χ3v) is 10.6. The molecule has 2 aromatic heterocycles. The standard InChI is InChI=1S/C48H40N2/c1-2-15-34(35-16-5-3-6-17-35)30-31-49-44-23-12-10-21-40(44)42-32-37(26-28-45(42)49)38-27-29-48-43(33-38)41-22-11-14-25-47(41)50(48)46-24-13-9-20-39(46)36-18-7-4-8-19-36/h2-5,7-16,18-26,28,30,32-33H,6,17,27,29,31H2,1H3/b15-2-,34-30+. The van der Waals surface area contributed by atoms with Crippen LogP contribution in [0.4, 0.5) is 0 Å². The maximum atomic E-state index is 2.52. The summed E-state index contributed by atoms with van der Waals surface area (Å²) in [5.74, 6) is 0. The highest BCUT2D eigenvalue weighted by Gasteiger charge is 2.23. The van der Waals surface area contributed by atoms with E-state index in [-0.39, 0.29) is 0 Å². The molecule has 7 aromatic rings. The molecule has 2 aliphatic rings. The Bertz CT molecular complexity index is 2560. The first-order valence-electron chi connectivity index (χ1n) is 18.0. The third-order valence-electron chi connectivity index (χ3n) is 10.6. The number of fused-ring (bicyclic) bond motifs is 6. The molecule has 0 amide bonds. The van der Waals surface area contributed by atoms with Crippen molar-refractivity contribution >= 4 is 44.4 Å².